The van der Waals surface area contributed by atoms with E-state index in [4.69, 9.17) is 10.8 Å². The van der Waals surface area contributed by atoms with E-state index in [1.165, 1.54) is 0 Å². The minimum atomic E-state index is -1.09. The molecule has 0 aliphatic carbocycles. The fourth-order valence-corrected chi connectivity index (χ4v) is 1.97. The van der Waals surface area contributed by atoms with Crippen molar-refractivity contribution in [3.8, 4) is 0 Å². The zero-order valence-electron chi connectivity index (χ0n) is 12.0. The van der Waals surface area contributed by atoms with Gasteiger partial charge in [-0.3, -0.25) is 9.69 Å². The number of imidazole rings is 1. The molecule has 3 N–H and O–H groups in total. The van der Waals surface area contributed by atoms with Gasteiger partial charge in [-0.15, -0.1) is 0 Å². The number of carboxylic acids is 1. The summed E-state index contributed by atoms with van der Waals surface area (Å²) in [7, 11) is 3.96. The summed E-state index contributed by atoms with van der Waals surface area (Å²) in [6, 6.07) is 0. The van der Waals surface area contributed by atoms with Gasteiger partial charge in [0.2, 0.25) is 0 Å². The minimum absolute atomic E-state index is 0.450. The number of aromatic nitrogens is 2. The highest BCUT2D eigenvalue weighted by atomic mass is 16.4. The van der Waals surface area contributed by atoms with Crippen LogP contribution in [0, 0.1) is 0 Å². The van der Waals surface area contributed by atoms with Crippen LogP contribution in [0.2, 0.25) is 0 Å². The first-order valence-corrected chi connectivity index (χ1v) is 6.56. The van der Waals surface area contributed by atoms with Crippen LogP contribution in [0.5, 0.6) is 0 Å². The van der Waals surface area contributed by atoms with Crippen LogP contribution in [-0.4, -0.2) is 44.7 Å². The molecule has 0 spiro atoms. The molecule has 6 heteroatoms. The topological polar surface area (TPSA) is 84.4 Å². The molecule has 0 bridgehead atoms. The molecule has 19 heavy (non-hydrogen) atoms. The Hall–Kier alpha value is -1.40. The molecule has 0 amide bonds. The lowest BCUT2D eigenvalue weighted by molar-refractivity contribution is -0.143. The standard InChI is InChI=1S/C13H24N4O2/c1-4-13(14,12(18)19)6-5-8-16(2)10-11-15-7-9-17(11)3/h7,9H,4-6,8,10,14H2,1-3H3,(H,18,19). The molecule has 0 fully saturated rings. The van der Waals surface area contributed by atoms with Crippen LogP contribution >= 0.6 is 0 Å². The number of aryl methyl sites for hydroxylation is 1. The van der Waals surface area contributed by atoms with Gasteiger partial charge in [-0.2, -0.15) is 0 Å². The van der Waals surface area contributed by atoms with Gasteiger partial charge in [-0.1, -0.05) is 6.92 Å². The third-order valence-corrected chi connectivity index (χ3v) is 3.55. The summed E-state index contributed by atoms with van der Waals surface area (Å²) < 4.78 is 1.98. The number of hydrogen-bond acceptors (Lipinski definition) is 4. The maximum Gasteiger partial charge on any atom is 0.323 e. The maximum absolute atomic E-state index is 11.1. The number of carbonyl (C=O) groups is 1. The molecule has 1 unspecified atom stereocenters. The molecule has 0 aromatic carbocycles. The van der Waals surface area contributed by atoms with Gasteiger partial charge in [0, 0.05) is 19.4 Å². The largest absolute Gasteiger partial charge is 0.480 e. The van der Waals surface area contributed by atoms with Crippen LogP contribution in [0.4, 0.5) is 0 Å². The molecule has 0 radical (unpaired) electrons. The molecule has 1 atom stereocenters. The Bertz CT molecular complexity index is 419. The first-order valence-electron chi connectivity index (χ1n) is 6.56. The Morgan fingerprint density at radius 1 is 1.63 bits per heavy atom. The number of rotatable bonds is 8. The molecule has 1 heterocycles. The number of nitrogens with zero attached hydrogens (tertiary/aromatic N) is 3. The van der Waals surface area contributed by atoms with E-state index in [0.717, 1.165) is 25.3 Å². The second kappa shape index (κ2) is 6.68. The molecular weight excluding hydrogens is 244 g/mol. The summed E-state index contributed by atoms with van der Waals surface area (Å²) in [5.41, 5.74) is 4.76. The Morgan fingerprint density at radius 3 is 2.79 bits per heavy atom. The van der Waals surface area contributed by atoms with Gasteiger partial charge >= 0.3 is 5.97 Å². The van der Waals surface area contributed by atoms with Crippen molar-refractivity contribution in [2.75, 3.05) is 13.6 Å². The molecule has 1 aromatic rings. The minimum Gasteiger partial charge on any atom is -0.480 e. The molecule has 1 rings (SSSR count). The van der Waals surface area contributed by atoms with Crippen LogP contribution < -0.4 is 5.73 Å². The Balaban J connectivity index is 2.37. The lowest BCUT2D eigenvalue weighted by Crippen LogP contribution is -2.47. The Labute approximate surface area is 114 Å². The van der Waals surface area contributed by atoms with E-state index >= 15 is 0 Å². The molecule has 1 aromatic heterocycles. The number of carboxylic acid groups (broad SMARTS) is 1. The maximum atomic E-state index is 11.1. The Morgan fingerprint density at radius 2 is 2.32 bits per heavy atom. The van der Waals surface area contributed by atoms with Gasteiger partial charge < -0.3 is 15.4 Å². The van der Waals surface area contributed by atoms with Crippen LogP contribution in [0.25, 0.3) is 0 Å². The highest BCUT2D eigenvalue weighted by molar-refractivity contribution is 5.78. The summed E-state index contributed by atoms with van der Waals surface area (Å²) in [5, 5.41) is 9.09. The second-order valence-electron chi connectivity index (χ2n) is 5.11. The molecule has 0 aliphatic rings. The Kier molecular flexibility index (Phi) is 5.50. The van der Waals surface area contributed by atoms with E-state index < -0.39 is 11.5 Å². The molecule has 108 valence electrons. The third-order valence-electron chi connectivity index (χ3n) is 3.55. The molecule has 0 saturated heterocycles. The first-order chi connectivity index (χ1) is 8.89. The van der Waals surface area contributed by atoms with E-state index in [-0.39, 0.29) is 0 Å². The summed E-state index contributed by atoms with van der Waals surface area (Å²) in [4.78, 5) is 17.5. The first kappa shape index (κ1) is 15.7. The predicted octanol–water partition coefficient (Wildman–Crippen LogP) is 0.824. The van der Waals surface area contributed by atoms with Crippen molar-refractivity contribution in [3.63, 3.8) is 0 Å². The fourth-order valence-electron chi connectivity index (χ4n) is 1.97. The fraction of sp³-hybridized carbons (Fsp3) is 0.692. The quantitative estimate of drug-likeness (QED) is 0.729. The van der Waals surface area contributed by atoms with Gasteiger partial charge in [0.15, 0.2) is 0 Å². The van der Waals surface area contributed by atoms with Crippen molar-refractivity contribution in [2.45, 2.75) is 38.3 Å². The number of nitrogens with two attached hydrogens (primary N) is 1. The van der Waals surface area contributed by atoms with Crippen molar-refractivity contribution >= 4 is 5.97 Å². The number of aliphatic carboxylic acids is 1. The zero-order chi connectivity index (χ0) is 14.5. The summed E-state index contributed by atoms with van der Waals surface area (Å²) >= 11 is 0. The second-order valence-corrected chi connectivity index (χ2v) is 5.11. The van der Waals surface area contributed by atoms with Crippen LogP contribution in [0.15, 0.2) is 12.4 Å². The van der Waals surface area contributed by atoms with Crippen molar-refractivity contribution in [3.05, 3.63) is 18.2 Å². The average molecular weight is 268 g/mol. The SMILES string of the molecule is CCC(N)(CCCN(C)Cc1nccn1C)C(=O)O. The van der Waals surface area contributed by atoms with Crippen molar-refractivity contribution in [2.24, 2.45) is 12.8 Å². The molecule has 6 nitrogen and oxygen atoms in total. The zero-order valence-corrected chi connectivity index (χ0v) is 12.0. The summed E-state index contributed by atoms with van der Waals surface area (Å²) in [6.45, 7) is 3.37. The van der Waals surface area contributed by atoms with Crippen molar-refractivity contribution in [1.29, 1.82) is 0 Å². The predicted molar refractivity (Wildman–Crippen MR) is 73.6 cm³/mol. The van der Waals surface area contributed by atoms with E-state index in [2.05, 4.69) is 9.88 Å². The van der Waals surface area contributed by atoms with E-state index in [1.807, 2.05) is 31.8 Å². The highest BCUT2D eigenvalue weighted by Crippen LogP contribution is 2.15. The highest BCUT2D eigenvalue weighted by Gasteiger charge is 2.31. The smallest absolute Gasteiger partial charge is 0.323 e. The number of hydrogen-bond donors (Lipinski definition) is 2. The van der Waals surface area contributed by atoms with Crippen LogP contribution in [0.3, 0.4) is 0 Å². The monoisotopic (exact) mass is 268 g/mol. The average Bonchev–Trinajstić information content (AvgIpc) is 2.74. The van der Waals surface area contributed by atoms with Crippen molar-refractivity contribution in [1.82, 2.24) is 14.5 Å². The van der Waals surface area contributed by atoms with E-state index in [0.29, 0.717) is 12.8 Å². The lowest BCUT2D eigenvalue weighted by atomic mass is 9.92. The lowest BCUT2D eigenvalue weighted by Gasteiger charge is -2.24. The molecule has 0 saturated carbocycles. The summed E-state index contributed by atoms with van der Waals surface area (Å²) in [5.74, 6) is 0.0805. The van der Waals surface area contributed by atoms with Gasteiger partial charge in [-0.05, 0) is 32.9 Å². The van der Waals surface area contributed by atoms with Gasteiger partial charge in [0.05, 0.1) is 6.54 Å². The summed E-state index contributed by atoms with van der Waals surface area (Å²) in [6.07, 6.45) is 5.39. The van der Waals surface area contributed by atoms with E-state index in [9.17, 15) is 4.79 Å². The van der Waals surface area contributed by atoms with Crippen LogP contribution in [-0.2, 0) is 18.4 Å². The van der Waals surface area contributed by atoms with Crippen LogP contribution in [0.1, 0.15) is 32.0 Å². The molecule has 0 aliphatic heterocycles. The van der Waals surface area contributed by atoms with Gasteiger partial charge in [0.1, 0.15) is 11.4 Å². The van der Waals surface area contributed by atoms with Crippen molar-refractivity contribution < 1.29 is 9.90 Å². The van der Waals surface area contributed by atoms with E-state index in [1.54, 1.807) is 6.20 Å². The van der Waals surface area contributed by atoms with Gasteiger partial charge in [-0.25, -0.2) is 4.98 Å². The normalized spacial score (nSPS) is 14.6. The molecular formula is C13H24N4O2. The third kappa shape index (κ3) is 4.33. The van der Waals surface area contributed by atoms with Gasteiger partial charge in [0.25, 0.3) is 0 Å².